The number of hydrogen-bond acceptors (Lipinski definition) is 6. The van der Waals surface area contributed by atoms with Crippen LogP contribution >= 0.6 is 0 Å². The Morgan fingerprint density at radius 3 is 2.71 bits per heavy atom. The monoisotopic (exact) mass is 316 g/mol. The van der Waals surface area contributed by atoms with E-state index in [4.69, 9.17) is 15.7 Å². The van der Waals surface area contributed by atoms with Crippen molar-refractivity contribution in [1.29, 1.82) is 0 Å². The highest BCUT2D eigenvalue weighted by Gasteiger charge is 2.07. The molecule has 0 radical (unpaired) electrons. The van der Waals surface area contributed by atoms with E-state index in [1.54, 1.807) is 25.3 Å². The molecule has 118 valence electrons. The lowest BCUT2D eigenvalue weighted by Gasteiger charge is -2.11. The number of rotatable bonds is 8. The third kappa shape index (κ3) is 5.98. The number of nitrogens with two attached hydrogens (primary N) is 1. The van der Waals surface area contributed by atoms with Gasteiger partial charge in [0.25, 0.3) is 0 Å². The lowest BCUT2D eigenvalue weighted by atomic mass is 10.1. The number of methoxy groups -OCH3 is 1. The second-order valence-corrected chi connectivity index (χ2v) is 6.19. The van der Waals surface area contributed by atoms with Crippen LogP contribution in [0.15, 0.2) is 23.4 Å². The summed E-state index contributed by atoms with van der Waals surface area (Å²) in [5.41, 5.74) is 6.93. The summed E-state index contributed by atoms with van der Waals surface area (Å²) < 4.78 is 29.4. The van der Waals surface area contributed by atoms with Crippen LogP contribution in [0.3, 0.4) is 0 Å². The van der Waals surface area contributed by atoms with Gasteiger partial charge in [-0.2, -0.15) is 0 Å². The summed E-state index contributed by atoms with van der Waals surface area (Å²) in [7, 11) is -1.63. The first-order valence-corrected chi connectivity index (χ1v) is 8.06. The first-order chi connectivity index (χ1) is 9.87. The Bertz CT molecular complexity index is 601. The lowest BCUT2D eigenvalue weighted by Crippen LogP contribution is -2.30. The van der Waals surface area contributed by atoms with Gasteiger partial charge in [0.2, 0.25) is 10.0 Å². The minimum Gasteiger partial charge on any atom is -0.496 e. The Morgan fingerprint density at radius 2 is 2.14 bits per heavy atom. The minimum atomic E-state index is -3.18. The second kappa shape index (κ2) is 7.81. The second-order valence-electron chi connectivity index (χ2n) is 4.36. The van der Waals surface area contributed by atoms with Crippen molar-refractivity contribution in [3.8, 4) is 5.75 Å². The number of hydrogen-bond donors (Lipinski definition) is 4. The van der Waals surface area contributed by atoms with Crippen LogP contribution in [0.1, 0.15) is 11.1 Å². The molecule has 9 heteroatoms. The van der Waals surface area contributed by atoms with Crippen LogP contribution in [0.4, 0.5) is 0 Å². The van der Waals surface area contributed by atoms with E-state index >= 15 is 0 Å². The molecular formula is C12H20N4O4S. The zero-order valence-corrected chi connectivity index (χ0v) is 12.8. The zero-order chi connectivity index (χ0) is 15.9. The maximum Gasteiger partial charge on any atom is 0.208 e. The molecule has 1 rings (SSSR count). The molecule has 5 N–H and O–H groups in total. The number of nitrogens with one attached hydrogen (secondary N) is 2. The molecule has 1 aromatic carbocycles. The Labute approximate surface area is 124 Å². The zero-order valence-electron chi connectivity index (χ0n) is 12.0. The molecule has 0 heterocycles. The van der Waals surface area contributed by atoms with Crippen LogP contribution in [0.2, 0.25) is 0 Å². The van der Waals surface area contributed by atoms with Gasteiger partial charge in [-0.05, 0) is 18.2 Å². The van der Waals surface area contributed by atoms with Gasteiger partial charge >= 0.3 is 0 Å². The molecule has 0 aliphatic rings. The summed E-state index contributed by atoms with van der Waals surface area (Å²) >= 11 is 0. The number of benzene rings is 1. The van der Waals surface area contributed by atoms with Crippen molar-refractivity contribution < 1.29 is 18.4 Å². The maximum absolute atomic E-state index is 10.9. The number of oxime groups is 1. The van der Waals surface area contributed by atoms with Crippen LogP contribution in [-0.4, -0.2) is 45.9 Å². The molecule has 0 fully saturated rings. The number of nitrogens with zero attached hydrogens (tertiary/aromatic N) is 1. The molecular weight excluding hydrogens is 296 g/mol. The van der Waals surface area contributed by atoms with Crippen molar-refractivity contribution in [2.75, 3.05) is 26.5 Å². The molecule has 0 aliphatic carbocycles. The summed E-state index contributed by atoms with van der Waals surface area (Å²) in [4.78, 5) is 0. The Hall–Kier alpha value is -1.84. The average molecular weight is 316 g/mol. The third-order valence-electron chi connectivity index (χ3n) is 2.67. The van der Waals surface area contributed by atoms with Crippen molar-refractivity contribution in [3.05, 3.63) is 29.3 Å². The predicted octanol–water partition coefficient (Wildman–Crippen LogP) is -0.571. The molecule has 0 atom stereocenters. The van der Waals surface area contributed by atoms with Crippen LogP contribution in [-0.2, 0) is 16.6 Å². The van der Waals surface area contributed by atoms with E-state index in [1.807, 2.05) is 0 Å². The molecule has 0 saturated heterocycles. The molecule has 0 aromatic heterocycles. The molecule has 0 amide bonds. The molecule has 21 heavy (non-hydrogen) atoms. The SMILES string of the molecule is COc1ccc(/C(N)=N/O)cc1CNCCNS(C)(=O)=O. The fourth-order valence-electron chi connectivity index (χ4n) is 1.68. The molecule has 0 saturated carbocycles. The first kappa shape index (κ1) is 17.2. The number of sulfonamides is 1. The smallest absolute Gasteiger partial charge is 0.208 e. The van der Waals surface area contributed by atoms with E-state index in [-0.39, 0.29) is 5.84 Å². The van der Waals surface area contributed by atoms with E-state index < -0.39 is 10.0 Å². The number of amidine groups is 1. The standard InChI is InChI=1S/C12H20N4O4S/c1-20-11-4-3-9(12(13)16-17)7-10(11)8-14-5-6-15-21(2,18)19/h3-4,7,14-15,17H,5-6,8H2,1-2H3,(H2,13,16). The van der Waals surface area contributed by atoms with Gasteiger partial charge in [0, 0.05) is 30.8 Å². The third-order valence-corrected chi connectivity index (χ3v) is 3.39. The summed E-state index contributed by atoms with van der Waals surface area (Å²) in [6, 6.07) is 5.15. The summed E-state index contributed by atoms with van der Waals surface area (Å²) in [6.07, 6.45) is 1.11. The van der Waals surface area contributed by atoms with Crippen molar-refractivity contribution in [3.63, 3.8) is 0 Å². The first-order valence-electron chi connectivity index (χ1n) is 6.17. The van der Waals surface area contributed by atoms with Gasteiger partial charge < -0.3 is 21.0 Å². The highest BCUT2D eigenvalue weighted by Crippen LogP contribution is 2.19. The Morgan fingerprint density at radius 1 is 1.43 bits per heavy atom. The Kier molecular flexibility index (Phi) is 6.40. The van der Waals surface area contributed by atoms with Gasteiger partial charge in [-0.3, -0.25) is 0 Å². The molecule has 1 aromatic rings. The van der Waals surface area contributed by atoms with E-state index in [9.17, 15) is 8.42 Å². The van der Waals surface area contributed by atoms with Gasteiger partial charge in [-0.25, -0.2) is 13.1 Å². The van der Waals surface area contributed by atoms with Crippen LogP contribution < -0.4 is 20.5 Å². The maximum atomic E-state index is 10.9. The normalized spacial score (nSPS) is 12.4. The molecule has 0 bridgehead atoms. The topological polar surface area (TPSA) is 126 Å². The van der Waals surface area contributed by atoms with Gasteiger partial charge in [-0.1, -0.05) is 5.16 Å². The van der Waals surface area contributed by atoms with Crippen LogP contribution in [0, 0.1) is 0 Å². The van der Waals surface area contributed by atoms with E-state index in [0.29, 0.717) is 30.9 Å². The van der Waals surface area contributed by atoms with E-state index in [1.165, 1.54) is 0 Å². The number of ether oxygens (including phenoxy) is 1. The highest BCUT2D eigenvalue weighted by molar-refractivity contribution is 7.88. The van der Waals surface area contributed by atoms with E-state index in [0.717, 1.165) is 11.8 Å². The van der Waals surface area contributed by atoms with Gasteiger partial charge in [-0.15, -0.1) is 0 Å². The van der Waals surface area contributed by atoms with Gasteiger partial charge in [0.15, 0.2) is 5.84 Å². The predicted molar refractivity (Wildman–Crippen MR) is 80.1 cm³/mol. The summed E-state index contributed by atoms with van der Waals surface area (Å²) in [5.74, 6) is 0.672. The molecule has 0 unspecified atom stereocenters. The van der Waals surface area contributed by atoms with Crippen LogP contribution in [0.5, 0.6) is 5.75 Å². The van der Waals surface area contributed by atoms with Crippen molar-refractivity contribution in [2.45, 2.75) is 6.54 Å². The quantitative estimate of drug-likeness (QED) is 0.167. The van der Waals surface area contributed by atoms with Crippen molar-refractivity contribution in [1.82, 2.24) is 10.0 Å². The fraction of sp³-hybridized carbons (Fsp3) is 0.417. The van der Waals surface area contributed by atoms with Gasteiger partial charge in [0.1, 0.15) is 5.75 Å². The summed E-state index contributed by atoms with van der Waals surface area (Å²) in [5, 5.41) is 14.7. The van der Waals surface area contributed by atoms with Crippen LogP contribution in [0.25, 0.3) is 0 Å². The summed E-state index contributed by atoms with van der Waals surface area (Å²) in [6.45, 7) is 1.21. The largest absolute Gasteiger partial charge is 0.496 e. The average Bonchev–Trinajstić information content (AvgIpc) is 2.44. The van der Waals surface area contributed by atoms with Crippen molar-refractivity contribution >= 4 is 15.9 Å². The highest BCUT2D eigenvalue weighted by atomic mass is 32.2. The van der Waals surface area contributed by atoms with Gasteiger partial charge in [0.05, 0.1) is 13.4 Å². The van der Waals surface area contributed by atoms with Crippen molar-refractivity contribution in [2.24, 2.45) is 10.9 Å². The minimum absolute atomic E-state index is 0.0117. The lowest BCUT2D eigenvalue weighted by molar-refractivity contribution is 0.318. The molecule has 0 spiro atoms. The molecule has 8 nitrogen and oxygen atoms in total. The van der Waals surface area contributed by atoms with E-state index in [2.05, 4.69) is 15.2 Å². The fourth-order valence-corrected chi connectivity index (χ4v) is 2.15. The Balaban J connectivity index is 2.64. The molecule has 0 aliphatic heterocycles.